The van der Waals surface area contributed by atoms with Crippen LogP contribution in [-0.2, 0) is 30.2 Å². The topological polar surface area (TPSA) is 147 Å². The normalized spacial score (nSPS) is 12.6. The van der Waals surface area contributed by atoms with Crippen molar-refractivity contribution in [1.82, 2.24) is 5.32 Å². The lowest BCUT2D eigenvalue weighted by atomic mass is 10.0. The molecule has 1 rings (SSSR count). The highest BCUT2D eigenvalue weighted by atomic mass is 16.7. The third kappa shape index (κ3) is 12.4. The Hall–Kier alpha value is -3.34. The smallest absolute Gasteiger partial charge is 0.480 e. The molecule has 0 spiro atoms. The predicted molar refractivity (Wildman–Crippen MR) is 129 cm³/mol. The molecule has 0 radical (unpaired) electrons. The minimum atomic E-state index is -1.12. The quantitative estimate of drug-likeness (QED) is 0.210. The summed E-state index contributed by atoms with van der Waals surface area (Å²) < 4.78 is 25.6. The molecule has 1 aromatic carbocycles. The van der Waals surface area contributed by atoms with E-state index >= 15 is 0 Å². The van der Waals surface area contributed by atoms with Gasteiger partial charge in [0, 0.05) is 13.0 Å². The molecule has 36 heavy (non-hydrogen) atoms. The number of nitrogens with one attached hydrogen (secondary N) is 1. The van der Waals surface area contributed by atoms with E-state index in [2.05, 4.69) is 5.32 Å². The second-order valence-corrected chi connectivity index (χ2v) is 8.73. The molecule has 1 aromatic rings. The molecular formula is C25H37NO10. The van der Waals surface area contributed by atoms with Crippen molar-refractivity contribution in [2.24, 2.45) is 0 Å². The summed E-state index contributed by atoms with van der Waals surface area (Å²) in [6.07, 6.45) is -1.51. The van der Waals surface area contributed by atoms with E-state index in [1.807, 2.05) is 6.92 Å². The SMILES string of the molecule is CCCCC(=O)OC(C)CN[C@@H](Cc1ccc(OC(=O)OC(C)C)c(OC(=O)OC(C)C)c1)C(=O)O. The average molecular weight is 512 g/mol. The first-order valence-electron chi connectivity index (χ1n) is 12.0. The zero-order valence-electron chi connectivity index (χ0n) is 21.7. The van der Waals surface area contributed by atoms with E-state index in [0.717, 1.165) is 12.8 Å². The minimum absolute atomic E-state index is 0.00184. The van der Waals surface area contributed by atoms with E-state index in [9.17, 15) is 24.3 Å². The summed E-state index contributed by atoms with van der Waals surface area (Å²) in [5.41, 5.74) is 0.472. The van der Waals surface area contributed by atoms with Crippen LogP contribution in [0, 0.1) is 0 Å². The molecule has 0 aliphatic rings. The highest BCUT2D eigenvalue weighted by Crippen LogP contribution is 2.30. The highest BCUT2D eigenvalue weighted by molar-refractivity contribution is 5.74. The molecule has 0 saturated heterocycles. The van der Waals surface area contributed by atoms with Crippen LogP contribution in [-0.4, -0.2) is 60.3 Å². The lowest BCUT2D eigenvalue weighted by Crippen LogP contribution is -2.42. The number of unbranched alkanes of at least 4 members (excludes halogenated alkanes) is 1. The molecule has 0 aromatic heterocycles. The molecule has 2 N–H and O–H groups in total. The Balaban J connectivity index is 2.96. The number of rotatable bonds is 14. The van der Waals surface area contributed by atoms with E-state index in [1.54, 1.807) is 34.6 Å². The number of ether oxygens (including phenoxy) is 5. The third-order valence-electron chi connectivity index (χ3n) is 4.52. The van der Waals surface area contributed by atoms with Gasteiger partial charge in [0.15, 0.2) is 11.5 Å². The molecule has 0 bridgehead atoms. The molecule has 0 saturated carbocycles. The van der Waals surface area contributed by atoms with Gasteiger partial charge in [0.1, 0.15) is 12.1 Å². The Morgan fingerprint density at radius 3 is 2.00 bits per heavy atom. The van der Waals surface area contributed by atoms with Crippen LogP contribution in [0.3, 0.4) is 0 Å². The molecule has 202 valence electrons. The lowest BCUT2D eigenvalue weighted by Gasteiger charge is -2.19. The molecular weight excluding hydrogens is 474 g/mol. The first-order valence-corrected chi connectivity index (χ1v) is 12.0. The third-order valence-corrected chi connectivity index (χ3v) is 4.52. The van der Waals surface area contributed by atoms with E-state index in [4.69, 9.17) is 23.7 Å². The molecule has 11 heteroatoms. The zero-order chi connectivity index (χ0) is 27.3. The van der Waals surface area contributed by atoms with Crippen LogP contribution in [0.2, 0.25) is 0 Å². The number of hydrogen-bond donors (Lipinski definition) is 2. The van der Waals surface area contributed by atoms with Gasteiger partial charge in [0.05, 0.1) is 12.2 Å². The maximum Gasteiger partial charge on any atom is 0.514 e. The molecule has 0 amide bonds. The first-order chi connectivity index (χ1) is 16.9. The number of carbonyl (C=O) groups excluding carboxylic acids is 3. The molecule has 0 heterocycles. The van der Waals surface area contributed by atoms with E-state index in [0.29, 0.717) is 12.0 Å². The van der Waals surface area contributed by atoms with Crippen molar-refractivity contribution in [3.63, 3.8) is 0 Å². The van der Waals surface area contributed by atoms with Crippen LogP contribution in [0.25, 0.3) is 0 Å². The number of carboxylic acid groups (broad SMARTS) is 1. The largest absolute Gasteiger partial charge is 0.514 e. The van der Waals surface area contributed by atoms with Gasteiger partial charge < -0.3 is 34.1 Å². The van der Waals surface area contributed by atoms with Crippen molar-refractivity contribution in [2.75, 3.05) is 6.54 Å². The van der Waals surface area contributed by atoms with Gasteiger partial charge in [-0.05, 0) is 65.2 Å². The number of esters is 1. The second-order valence-electron chi connectivity index (χ2n) is 8.73. The Morgan fingerprint density at radius 1 is 0.889 bits per heavy atom. The molecule has 0 fully saturated rings. The maximum absolute atomic E-state index is 12.0. The van der Waals surface area contributed by atoms with Crippen LogP contribution < -0.4 is 14.8 Å². The van der Waals surface area contributed by atoms with Gasteiger partial charge in [-0.2, -0.15) is 0 Å². The van der Waals surface area contributed by atoms with Crippen molar-refractivity contribution in [3.05, 3.63) is 23.8 Å². The van der Waals surface area contributed by atoms with Gasteiger partial charge in [0.2, 0.25) is 0 Å². The van der Waals surface area contributed by atoms with Crippen LogP contribution in [0.15, 0.2) is 18.2 Å². The van der Waals surface area contributed by atoms with E-state index in [-0.39, 0.29) is 30.4 Å². The fourth-order valence-corrected chi connectivity index (χ4v) is 2.89. The van der Waals surface area contributed by atoms with Crippen molar-refractivity contribution < 1.29 is 48.0 Å². The van der Waals surface area contributed by atoms with Gasteiger partial charge in [-0.25, -0.2) is 9.59 Å². The standard InChI is InChI=1S/C25H37NO10/c1-7-8-9-22(27)34-17(6)14-26-19(23(28)29)12-18-10-11-20(35-24(30)32-15(2)3)21(13-18)36-25(31)33-16(4)5/h10-11,13,15-17,19,26H,7-9,12,14H2,1-6H3,(H,28,29)/t17?,19-/m0/s1. The zero-order valence-corrected chi connectivity index (χ0v) is 21.7. The number of carbonyl (C=O) groups is 4. The fraction of sp³-hybridized carbons (Fsp3) is 0.600. The Morgan fingerprint density at radius 2 is 1.47 bits per heavy atom. The highest BCUT2D eigenvalue weighted by Gasteiger charge is 2.22. The summed E-state index contributed by atoms with van der Waals surface area (Å²) in [5, 5.41) is 12.5. The molecule has 1 unspecified atom stereocenters. The average Bonchev–Trinajstić information content (AvgIpc) is 2.75. The number of carboxylic acids is 1. The molecule has 0 aliphatic heterocycles. The summed E-state index contributed by atoms with van der Waals surface area (Å²) in [4.78, 5) is 47.6. The Kier molecular flexibility index (Phi) is 13.3. The predicted octanol–water partition coefficient (Wildman–Crippen LogP) is 4.24. The molecule has 11 nitrogen and oxygen atoms in total. The second kappa shape index (κ2) is 15.6. The van der Waals surface area contributed by atoms with E-state index in [1.165, 1.54) is 18.2 Å². The van der Waals surface area contributed by atoms with Crippen molar-refractivity contribution in [2.45, 2.75) is 91.6 Å². The van der Waals surface area contributed by atoms with E-state index < -0.39 is 42.6 Å². The maximum atomic E-state index is 12.0. The summed E-state index contributed by atoms with van der Waals surface area (Å²) in [6.45, 7) is 10.3. The lowest BCUT2D eigenvalue weighted by molar-refractivity contribution is -0.148. The monoisotopic (exact) mass is 511 g/mol. The summed E-state index contributed by atoms with van der Waals surface area (Å²) in [7, 11) is 0. The molecule has 2 atom stereocenters. The van der Waals surface area contributed by atoms with Crippen molar-refractivity contribution >= 4 is 24.2 Å². The van der Waals surface area contributed by atoms with Gasteiger partial charge in [0.25, 0.3) is 0 Å². The van der Waals surface area contributed by atoms with Crippen LogP contribution >= 0.6 is 0 Å². The number of hydrogen-bond acceptors (Lipinski definition) is 10. The number of benzene rings is 1. The Labute approximate surface area is 211 Å². The van der Waals surface area contributed by atoms with Gasteiger partial charge in [-0.15, -0.1) is 0 Å². The van der Waals surface area contributed by atoms with Crippen LogP contribution in [0.5, 0.6) is 11.5 Å². The van der Waals surface area contributed by atoms with Crippen molar-refractivity contribution in [3.8, 4) is 11.5 Å². The molecule has 0 aliphatic carbocycles. The number of aliphatic carboxylic acids is 1. The van der Waals surface area contributed by atoms with Crippen LogP contribution in [0.1, 0.15) is 66.4 Å². The first kappa shape index (κ1) is 30.7. The Bertz CT molecular complexity index is 884. The van der Waals surface area contributed by atoms with Crippen molar-refractivity contribution in [1.29, 1.82) is 0 Å². The van der Waals surface area contributed by atoms with Gasteiger partial charge >= 0.3 is 24.2 Å². The van der Waals surface area contributed by atoms with Gasteiger partial charge in [-0.1, -0.05) is 19.4 Å². The summed E-state index contributed by atoms with van der Waals surface area (Å²) in [5.74, 6) is -1.69. The fourth-order valence-electron chi connectivity index (χ4n) is 2.89. The van der Waals surface area contributed by atoms with Gasteiger partial charge in [-0.3, -0.25) is 9.59 Å². The minimum Gasteiger partial charge on any atom is -0.480 e. The van der Waals surface area contributed by atoms with Crippen LogP contribution in [0.4, 0.5) is 9.59 Å². The summed E-state index contributed by atoms with van der Waals surface area (Å²) >= 11 is 0. The summed E-state index contributed by atoms with van der Waals surface area (Å²) in [6, 6.07) is 3.25.